The SMILES string of the molecule is COc1cc(Cl)ncc1COc1cccc(Br)n1. The van der Waals surface area contributed by atoms with Crippen LogP contribution in [-0.2, 0) is 6.61 Å². The van der Waals surface area contributed by atoms with Gasteiger partial charge in [-0.3, -0.25) is 0 Å². The zero-order valence-electron chi connectivity index (χ0n) is 9.56. The molecule has 4 nitrogen and oxygen atoms in total. The molecule has 0 saturated carbocycles. The van der Waals surface area contributed by atoms with Crippen molar-refractivity contribution in [3.05, 3.63) is 45.8 Å². The Morgan fingerprint density at radius 3 is 2.94 bits per heavy atom. The van der Waals surface area contributed by atoms with E-state index in [-0.39, 0.29) is 0 Å². The first-order valence-electron chi connectivity index (χ1n) is 5.13. The van der Waals surface area contributed by atoms with Crippen molar-refractivity contribution in [1.29, 1.82) is 0 Å². The fourth-order valence-electron chi connectivity index (χ4n) is 1.36. The second-order valence-corrected chi connectivity index (χ2v) is 4.61. The molecule has 0 saturated heterocycles. The van der Waals surface area contributed by atoms with Gasteiger partial charge in [-0.15, -0.1) is 0 Å². The highest BCUT2D eigenvalue weighted by atomic mass is 79.9. The molecule has 0 spiro atoms. The molecule has 0 unspecified atom stereocenters. The number of nitrogens with zero attached hydrogens (tertiary/aromatic N) is 2. The third-order valence-corrected chi connectivity index (χ3v) is 2.84. The van der Waals surface area contributed by atoms with Gasteiger partial charge in [0, 0.05) is 23.9 Å². The van der Waals surface area contributed by atoms with Crippen LogP contribution in [0.3, 0.4) is 0 Å². The zero-order valence-corrected chi connectivity index (χ0v) is 11.9. The van der Waals surface area contributed by atoms with Crippen LogP contribution in [-0.4, -0.2) is 17.1 Å². The number of pyridine rings is 2. The van der Waals surface area contributed by atoms with Crippen molar-refractivity contribution < 1.29 is 9.47 Å². The molecule has 0 radical (unpaired) electrons. The van der Waals surface area contributed by atoms with Gasteiger partial charge in [-0.2, -0.15) is 0 Å². The summed E-state index contributed by atoms with van der Waals surface area (Å²) in [6, 6.07) is 7.11. The number of ether oxygens (including phenoxy) is 2. The fourth-order valence-corrected chi connectivity index (χ4v) is 1.84. The summed E-state index contributed by atoms with van der Waals surface area (Å²) in [5.74, 6) is 1.17. The van der Waals surface area contributed by atoms with Crippen LogP contribution < -0.4 is 9.47 Å². The lowest BCUT2D eigenvalue weighted by Gasteiger charge is -2.09. The minimum atomic E-state index is 0.316. The monoisotopic (exact) mass is 328 g/mol. The summed E-state index contributed by atoms with van der Waals surface area (Å²) in [5, 5.41) is 0.385. The molecule has 2 aromatic rings. The van der Waals surface area contributed by atoms with E-state index in [1.165, 1.54) is 0 Å². The van der Waals surface area contributed by atoms with E-state index in [9.17, 15) is 0 Å². The lowest BCUT2D eigenvalue weighted by Crippen LogP contribution is -2.00. The molecule has 0 N–H and O–H groups in total. The van der Waals surface area contributed by atoms with Gasteiger partial charge < -0.3 is 9.47 Å². The molecule has 2 heterocycles. The van der Waals surface area contributed by atoms with E-state index < -0.39 is 0 Å². The number of hydrogen-bond donors (Lipinski definition) is 0. The van der Waals surface area contributed by atoms with Gasteiger partial charge in [0.2, 0.25) is 5.88 Å². The molecule has 0 aromatic carbocycles. The normalized spacial score (nSPS) is 10.2. The van der Waals surface area contributed by atoms with Gasteiger partial charge in [-0.1, -0.05) is 17.7 Å². The average Bonchev–Trinajstić information content (AvgIpc) is 2.37. The van der Waals surface area contributed by atoms with Crippen LogP contribution in [0.4, 0.5) is 0 Å². The quantitative estimate of drug-likeness (QED) is 0.806. The molecule has 0 bridgehead atoms. The van der Waals surface area contributed by atoms with E-state index in [1.807, 2.05) is 12.1 Å². The molecule has 18 heavy (non-hydrogen) atoms. The first-order chi connectivity index (χ1) is 8.69. The maximum Gasteiger partial charge on any atom is 0.214 e. The van der Waals surface area contributed by atoms with Gasteiger partial charge in [0.1, 0.15) is 22.1 Å². The smallest absolute Gasteiger partial charge is 0.214 e. The highest BCUT2D eigenvalue weighted by Gasteiger charge is 2.06. The molecular formula is C12H10BrClN2O2. The highest BCUT2D eigenvalue weighted by Crippen LogP contribution is 2.22. The lowest BCUT2D eigenvalue weighted by molar-refractivity contribution is 0.284. The molecule has 94 valence electrons. The van der Waals surface area contributed by atoms with Crippen LogP contribution >= 0.6 is 27.5 Å². The van der Waals surface area contributed by atoms with E-state index in [4.69, 9.17) is 21.1 Å². The van der Waals surface area contributed by atoms with Crippen LogP contribution in [0.2, 0.25) is 5.15 Å². The van der Waals surface area contributed by atoms with Gasteiger partial charge in [0.05, 0.1) is 7.11 Å². The Labute approximate surface area is 118 Å². The first-order valence-corrected chi connectivity index (χ1v) is 6.30. The molecular weight excluding hydrogens is 320 g/mol. The summed E-state index contributed by atoms with van der Waals surface area (Å²) in [6.07, 6.45) is 1.62. The molecule has 0 fully saturated rings. The molecule has 0 aliphatic rings. The topological polar surface area (TPSA) is 44.2 Å². The van der Waals surface area contributed by atoms with Crippen LogP contribution in [0.1, 0.15) is 5.56 Å². The average molecular weight is 330 g/mol. The van der Waals surface area contributed by atoms with E-state index >= 15 is 0 Å². The number of methoxy groups -OCH3 is 1. The standard InChI is InChI=1S/C12H10BrClN2O2/c1-17-9-5-11(14)15-6-8(9)7-18-12-4-2-3-10(13)16-12/h2-6H,7H2,1H3. The Kier molecular flexibility index (Phi) is 4.38. The Bertz CT molecular complexity index is 551. The third kappa shape index (κ3) is 3.34. The molecule has 6 heteroatoms. The second kappa shape index (κ2) is 6.02. The van der Waals surface area contributed by atoms with Gasteiger partial charge >= 0.3 is 0 Å². The number of halogens is 2. The largest absolute Gasteiger partial charge is 0.496 e. The van der Waals surface area contributed by atoms with Crippen molar-refractivity contribution in [2.45, 2.75) is 6.61 Å². The predicted octanol–water partition coefficient (Wildman–Crippen LogP) is 3.48. The van der Waals surface area contributed by atoms with E-state index in [2.05, 4.69) is 25.9 Å². The summed E-state index contributed by atoms with van der Waals surface area (Å²) >= 11 is 9.06. The van der Waals surface area contributed by atoms with Gasteiger partial charge in [-0.05, 0) is 22.0 Å². The van der Waals surface area contributed by atoms with Crippen molar-refractivity contribution >= 4 is 27.5 Å². The third-order valence-electron chi connectivity index (χ3n) is 2.20. The summed E-state index contributed by atoms with van der Waals surface area (Å²) in [4.78, 5) is 8.16. The molecule has 0 aliphatic heterocycles. The van der Waals surface area contributed by atoms with Crippen molar-refractivity contribution in [3.63, 3.8) is 0 Å². The van der Waals surface area contributed by atoms with Crippen molar-refractivity contribution in [3.8, 4) is 11.6 Å². The highest BCUT2D eigenvalue weighted by molar-refractivity contribution is 9.10. The van der Waals surface area contributed by atoms with E-state index in [0.29, 0.717) is 23.4 Å². The fraction of sp³-hybridized carbons (Fsp3) is 0.167. The van der Waals surface area contributed by atoms with E-state index in [0.717, 1.165) is 10.2 Å². The zero-order chi connectivity index (χ0) is 13.0. The van der Waals surface area contributed by atoms with E-state index in [1.54, 1.807) is 25.4 Å². The van der Waals surface area contributed by atoms with Gasteiger partial charge in [0.15, 0.2) is 0 Å². The van der Waals surface area contributed by atoms with Crippen LogP contribution in [0.15, 0.2) is 35.1 Å². The Morgan fingerprint density at radius 1 is 1.39 bits per heavy atom. The molecule has 2 rings (SSSR count). The lowest BCUT2D eigenvalue weighted by atomic mass is 10.3. The Morgan fingerprint density at radius 2 is 2.22 bits per heavy atom. The summed E-state index contributed by atoms with van der Waals surface area (Å²) in [5.41, 5.74) is 0.809. The Hall–Kier alpha value is -1.33. The molecule has 0 amide bonds. The summed E-state index contributed by atoms with van der Waals surface area (Å²) in [6.45, 7) is 0.316. The van der Waals surface area contributed by atoms with Crippen LogP contribution in [0, 0.1) is 0 Å². The predicted molar refractivity (Wildman–Crippen MR) is 72.1 cm³/mol. The van der Waals surface area contributed by atoms with Crippen molar-refractivity contribution in [2.24, 2.45) is 0 Å². The minimum Gasteiger partial charge on any atom is -0.496 e. The molecule has 2 aromatic heterocycles. The Balaban J connectivity index is 2.10. The van der Waals surface area contributed by atoms with Crippen molar-refractivity contribution in [1.82, 2.24) is 9.97 Å². The van der Waals surface area contributed by atoms with Crippen molar-refractivity contribution in [2.75, 3.05) is 7.11 Å². The molecule has 0 aliphatic carbocycles. The van der Waals surface area contributed by atoms with Gasteiger partial charge in [0.25, 0.3) is 0 Å². The van der Waals surface area contributed by atoms with Crippen LogP contribution in [0.5, 0.6) is 11.6 Å². The van der Waals surface area contributed by atoms with Crippen LogP contribution in [0.25, 0.3) is 0 Å². The summed E-state index contributed by atoms with van der Waals surface area (Å²) < 4.78 is 11.5. The maximum absolute atomic E-state index is 5.78. The number of aromatic nitrogens is 2. The van der Waals surface area contributed by atoms with Gasteiger partial charge in [-0.25, -0.2) is 9.97 Å². The number of hydrogen-bond acceptors (Lipinski definition) is 4. The second-order valence-electron chi connectivity index (χ2n) is 3.41. The first kappa shape index (κ1) is 13.1. The number of rotatable bonds is 4. The summed E-state index contributed by atoms with van der Waals surface area (Å²) in [7, 11) is 1.58. The molecule has 0 atom stereocenters. The minimum absolute atomic E-state index is 0.316. The maximum atomic E-state index is 5.78.